The summed E-state index contributed by atoms with van der Waals surface area (Å²) in [7, 11) is 1.80. The van der Waals surface area contributed by atoms with Gasteiger partial charge in [-0.15, -0.1) is 10.2 Å². The summed E-state index contributed by atoms with van der Waals surface area (Å²) in [5.74, 6) is 0.537. The van der Waals surface area contributed by atoms with Crippen LogP contribution in [0.1, 0.15) is 24.6 Å². The van der Waals surface area contributed by atoms with Crippen molar-refractivity contribution < 1.29 is 18.0 Å². The minimum absolute atomic E-state index is 0.104. The lowest BCUT2D eigenvalue weighted by atomic mass is 10.4. The Balaban J connectivity index is 1.80. The van der Waals surface area contributed by atoms with Gasteiger partial charge < -0.3 is 9.88 Å². The largest absolute Gasteiger partial charge is 0.405 e. The van der Waals surface area contributed by atoms with E-state index < -0.39 is 18.6 Å². The fraction of sp³-hybridized carbons (Fsp3) is 0.700. The fourth-order valence-corrected chi connectivity index (χ4v) is 2.28. The van der Waals surface area contributed by atoms with E-state index in [4.69, 9.17) is 0 Å². The first-order valence-electron chi connectivity index (χ1n) is 5.72. The number of carbonyl (C=O) groups excluding carboxylic acids is 1. The molecular formula is C10H13F3N4OS. The minimum atomic E-state index is -4.38. The maximum Gasteiger partial charge on any atom is 0.405 e. The maximum atomic E-state index is 11.9. The van der Waals surface area contributed by atoms with E-state index in [2.05, 4.69) is 10.2 Å². The van der Waals surface area contributed by atoms with Crippen LogP contribution in [0, 0.1) is 0 Å². The van der Waals surface area contributed by atoms with Crippen LogP contribution in [0.4, 0.5) is 13.2 Å². The molecule has 1 N–H and O–H groups in total. The lowest BCUT2D eigenvalue weighted by molar-refractivity contribution is -0.136. The topological polar surface area (TPSA) is 59.8 Å². The lowest BCUT2D eigenvalue weighted by Gasteiger charge is -2.07. The second-order valence-corrected chi connectivity index (χ2v) is 5.30. The smallest absolute Gasteiger partial charge is 0.346 e. The molecule has 0 spiro atoms. The van der Waals surface area contributed by atoms with Crippen molar-refractivity contribution in [2.75, 3.05) is 12.3 Å². The fourth-order valence-electron chi connectivity index (χ4n) is 1.53. The van der Waals surface area contributed by atoms with Gasteiger partial charge in [-0.1, -0.05) is 11.8 Å². The van der Waals surface area contributed by atoms with Gasteiger partial charge in [0, 0.05) is 13.0 Å². The summed E-state index contributed by atoms with van der Waals surface area (Å²) in [4.78, 5) is 11.2. The zero-order valence-electron chi connectivity index (χ0n) is 10.2. The number of halogens is 3. The second kappa shape index (κ2) is 5.40. The molecule has 19 heavy (non-hydrogen) atoms. The quantitative estimate of drug-likeness (QED) is 0.835. The van der Waals surface area contributed by atoms with Gasteiger partial charge >= 0.3 is 6.18 Å². The highest BCUT2D eigenvalue weighted by molar-refractivity contribution is 7.99. The third kappa shape index (κ3) is 4.12. The third-order valence-corrected chi connectivity index (χ3v) is 3.65. The van der Waals surface area contributed by atoms with Gasteiger partial charge in [-0.2, -0.15) is 13.2 Å². The summed E-state index contributed by atoms with van der Waals surface area (Å²) in [5.41, 5.74) is 0. The van der Waals surface area contributed by atoms with Gasteiger partial charge in [-0.25, -0.2) is 0 Å². The van der Waals surface area contributed by atoms with Crippen molar-refractivity contribution in [2.45, 2.75) is 30.1 Å². The average molecular weight is 294 g/mol. The zero-order valence-corrected chi connectivity index (χ0v) is 11.0. The van der Waals surface area contributed by atoms with Crippen molar-refractivity contribution in [3.8, 4) is 0 Å². The Morgan fingerprint density at radius 2 is 2.16 bits per heavy atom. The van der Waals surface area contributed by atoms with Crippen LogP contribution < -0.4 is 5.32 Å². The predicted octanol–water partition coefficient (Wildman–Crippen LogP) is 1.46. The first-order valence-corrected chi connectivity index (χ1v) is 6.71. The van der Waals surface area contributed by atoms with E-state index in [0.717, 1.165) is 30.4 Å². The number of nitrogens with zero attached hydrogens (tertiary/aromatic N) is 3. The number of amides is 1. The molecule has 2 rings (SSSR count). The summed E-state index contributed by atoms with van der Waals surface area (Å²) in [6, 6.07) is 0. The molecule has 1 aromatic heterocycles. The van der Waals surface area contributed by atoms with Gasteiger partial charge in [0.15, 0.2) is 5.16 Å². The van der Waals surface area contributed by atoms with Crippen LogP contribution in [0.3, 0.4) is 0 Å². The molecule has 0 saturated heterocycles. The number of rotatable bonds is 5. The minimum Gasteiger partial charge on any atom is -0.346 e. The van der Waals surface area contributed by atoms with Gasteiger partial charge in [0.05, 0.1) is 5.75 Å². The summed E-state index contributed by atoms with van der Waals surface area (Å²) in [6.45, 7) is -1.31. The van der Waals surface area contributed by atoms with Crippen LogP contribution in [0.2, 0.25) is 0 Å². The standard InChI is InChI=1S/C10H13F3N4OS/c1-17-8(6-2-3-6)15-16-9(17)19-4-7(18)14-5-10(11,12)13/h6H,2-5H2,1H3,(H,14,18). The normalized spacial score (nSPS) is 15.6. The van der Waals surface area contributed by atoms with E-state index in [-0.39, 0.29) is 5.75 Å². The molecule has 1 amide bonds. The SMILES string of the molecule is Cn1c(SCC(=O)NCC(F)(F)F)nnc1C1CC1. The molecular weight excluding hydrogens is 281 g/mol. The van der Waals surface area contributed by atoms with E-state index in [1.807, 2.05) is 5.32 Å². The van der Waals surface area contributed by atoms with Gasteiger partial charge in [-0.05, 0) is 12.8 Å². The van der Waals surface area contributed by atoms with E-state index in [1.54, 1.807) is 11.6 Å². The van der Waals surface area contributed by atoms with Crippen molar-refractivity contribution in [1.29, 1.82) is 0 Å². The number of hydrogen-bond acceptors (Lipinski definition) is 4. The Labute approximate surface area is 112 Å². The van der Waals surface area contributed by atoms with Crippen LogP contribution in [-0.2, 0) is 11.8 Å². The Morgan fingerprint density at radius 1 is 1.47 bits per heavy atom. The summed E-state index contributed by atoms with van der Waals surface area (Å²) >= 11 is 1.08. The zero-order chi connectivity index (χ0) is 14.0. The first kappa shape index (κ1) is 14.2. The van der Waals surface area contributed by atoms with Crippen LogP contribution in [-0.4, -0.2) is 39.1 Å². The van der Waals surface area contributed by atoms with Crippen LogP contribution >= 0.6 is 11.8 Å². The lowest BCUT2D eigenvalue weighted by Crippen LogP contribution is -2.34. The first-order chi connectivity index (χ1) is 8.87. The Hall–Kier alpha value is -1.25. The molecule has 0 bridgehead atoms. The van der Waals surface area contributed by atoms with Crippen LogP contribution in [0.25, 0.3) is 0 Å². The third-order valence-electron chi connectivity index (χ3n) is 2.63. The highest BCUT2D eigenvalue weighted by atomic mass is 32.2. The average Bonchev–Trinajstić information content (AvgIpc) is 3.08. The summed E-state index contributed by atoms with van der Waals surface area (Å²) < 4.78 is 37.5. The maximum absolute atomic E-state index is 11.9. The van der Waals surface area contributed by atoms with E-state index in [0.29, 0.717) is 11.1 Å². The number of nitrogens with one attached hydrogen (secondary N) is 1. The van der Waals surface area contributed by atoms with Crippen molar-refractivity contribution in [3.05, 3.63) is 5.82 Å². The number of thioether (sulfide) groups is 1. The van der Waals surface area contributed by atoms with Crippen LogP contribution in [0.5, 0.6) is 0 Å². The van der Waals surface area contributed by atoms with Crippen molar-refractivity contribution in [2.24, 2.45) is 7.05 Å². The summed E-state index contributed by atoms with van der Waals surface area (Å²) in [5, 5.41) is 10.3. The van der Waals surface area contributed by atoms with E-state index >= 15 is 0 Å². The monoisotopic (exact) mass is 294 g/mol. The van der Waals surface area contributed by atoms with Crippen molar-refractivity contribution >= 4 is 17.7 Å². The highest BCUT2D eigenvalue weighted by Crippen LogP contribution is 2.39. The Morgan fingerprint density at radius 3 is 2.74 bits per heavy atom. The molecule has 0 unspecified atom stereocenters. The molecule has 106 valence electrons. The Bertz CT molecular complexity index is 470. The van der Waals surface area contributed by atoms with Gasteiger partial charge in [-0.3, -0.25) is 4.79 Å². The molecule has 1 fully saturated rings. The molecule has 1 heterocycles. The number of alkyl halides is 3. The van der Waals surface area contributed by atoms with Crippen molar-refractivity contribution in [1.82, 2.24) is 20.1 Å². The number of carbonyl (C=O) groups is 1. The van der Waals surface area contributed by atoms with Crippen molar-refractivity contribution in [3.63, 3.8) is 0 Å². The number of hydrogen-bond donors (Lipinski definition) is 1. The van der Waals surface area contributed by atoms with Gasteiger partial charge in [0.25, 0.3) is 0 Å². The molecule has 9 heteroatoms. The Kier molecular flexibility index (Phi) is 4.02. The molecule has 0 aromatic carbocycles. The van der Waals surface area contributed by atoms with E-state index in [1.165, 1.54) is 0 Å². The molecule has 1 aliphatic rings. The highest BCUT2D eigenvalue weighted by Gasteiger charge is 2.30. The summed E-state index contributed by atoms with van der Waals surface area (Å²) in [6.07, 6.45) is -2.21. The van der Waals surface area contributed by atoms with Crippen LogP contribution in [0.15, 0.2) is 5.16 Å². The molecule has 1 aromatic rings. The molecule has 5 nitrogen and oxygen atoms in total. The molecule has 0 atom stereocenters. The van der Waals surface area contributed by atoms with Gasteiger partial charge in [0.1, 0.15) is 12.4 Å². The van der Waals surface area contributed by atoms with Gasteiger partial charge in [0.2, 0.25) is 5.91 Å². The number of aromatic nitrogens is 3. The van der Waals surface area contributed by atoms with E-state index in [9.17, 15) is 18.0 Å². The molecule has 0 aliphatic heterocycles. The molecule has 0 radical (unpaired) electrons. The predicted molar refractivity (Wildman–Crippen MR) is 62.8 cm³/mol. The second-order valence-electron chi connectivity index (χ2n) is 4.35. The molecule has 1 saturated carbocycles. The molecule has 1 aliphatic carbocycles.